The van der Waals surface area contributed by atoms with E-state index in [1.165, 1.54) is 37.2 Å². The van der Waals surface area contributed by atoms with Crippen LogP contribution in [0.4, 0.5) is 11.4 Å². The molecule has 0 bridgehead atoms. The van der Waals surface area contributed by atoms with Crippen LogP contribution in [0, 0.1) is 0 Å². The summed E-state index contributed by atoms with van der Waals surface area (Å²) >= 11 is 5.49. The standard InChI is InChI=1S/C22H29N3OS/c1-16(2)26-21-8-6-7-19(15-21)24-22(27)23-17(3)18-9-11-20(12-10-18)25-13-4-5-14-25/h6-12,15-17H,4-5,13-14H2,1-3H3,(H2,23,24,27)/t17-/m1/s1. The number of thiocarbonyl (C=S) groups is 1. The van der Waals surface area contributed by atoms with E-state index in [0.717, 1.165) is 11.4 Å². The first kappa shape index (κ1) is 19.5. The van der Waals surface area contributed by atoms with Crippen molar-refractivity contribution in [3.05, 3.63) is 54.1 Å². The summed E-state index contributed by atoms with van der Waals surface area (Å²) in [7, 11) is 0. The Bertz CT molecular complexity index is 754. The van der Waals surface area contributed by atoms with Crippen LogP contribution in [0.5, 0.6) is 5.75 Å². The van der Waals surface area contributed by atoms with Gasteiger partial charge < -0.3 is 20.3 Å². The summed E-state index contributed by atoms with van der Waals surface area (Å²) in [6, 6.07) is 16.8. The Balaban J connectivity index is 1.55. The quantitative estimate of drug-likeness (QED) is 0.677. The highest BCUT2D eigenvalue weighted by Gasteiger charge is 2.13. The fourth-order valence-corrected chi connectivity index (χ4v) is 3.61. The molecule has 0 spiro atoms. The number of nitrogens with one attached hydrogen (secondary N) is 2. The molecule has 5 heteroatoms. The maximum absolute atomic E-state index is 5.73. The highest BCUT2D eigenvalue weighted by Crippen LogP contribution is 2.23. The second kappa shape index (κ2) is 9.09. The SMILES string of the molecule is CC(C)Oc1cccc(NC(=S)N[C@H](C)c2ccc(N3CCCC3)cc2)c1. The van der Waals surface area contributed by atoms with Crippen molar-refractivity contribution in [2.24, 2.45) is 0 Å². The summed E-state index contributed by atoms with van der Waals surface area (Å²) in [5, 5.41) is 7.21. The average Bonchev–Trinajstić information content (AvgIpc) is 3.16. The van der Waals surface area contributed by atoms with Gasteiger partial charge in [0, 0.05) is 30.5 Å². The number of nitrogens with zero attached hydrogens (tertiary/aromatic N) is 1. The number of rotatable bonds is 6. The molecule has 1 atom stereocenters. The molecule has 0 unspecified atom stereocenters. The summed E-state index contributed by atoms with van der Waals surface area (Å²) in [5.74, 6) is 0.836. The molecule has 2 aromatic carbocycles. The summed E-state index contributed by atoms with van der Waals surface area (Å²) in [6.07, 6.45) is 2.74. The Morgan fingerprint density at radius 1 is 1.04 bits per heavy atom. The van der Waals surface area contributed by atoms with E-state index >= 15 is 0 Å². The minimum absolute atomic E-state index is 0.132. The summed E-state index contributed by atoms with van der Waals surface area (Å²) in [5.41, 5.74) is 3.45. The van der Waals surface area contributed by atoms with Gasteiger partial charge in [-0.25, -0.2) is 0 Å². The maximum Gasteiger partial charge on any atom is 0.171 e. The molecule has 1 fully saturated rings. The molecule has 2 N–H and O–H groups in total. The molecule has 0 amide bonds. The highest BCUT2D eigenvalue weighted by molar-refractivity contribution is 7.80. The number of benzene rings is 2. The first-order chi connectivity index (χ1) is 13.0. The molecule has 0 aromatic heterocycles. The van der Waals surface area contributed by atoms with E-state index in [4.69, 9.17) is 17.0 Å². The molecular formula is C22H29N3OS. The number of anilines is 2. The van der Waals surface area contributed by atoms with Crippen molar-refractivity contribution < 1.29 is 4.74 Å². The smallest absolute Gasteiger partial charge is 0.171 e. The minimum Gasteiger partial charge on any atom is -0.491 e. The Hall–Kier alpha value is -2.27. The van der Waals surface area contributed by atoms with Crippen LogP contribution in [0.3, 0.4) is 0 Å². The van der Waals surface area contributed by atoms with Crippen LogP contribution in [0.2, 0.25) is 0 Å². The lowest BCUT2D eigenvalue weighted by Crippen LogP contribution is -2.30. The number of hydrogen-bond acceptors (Lipinski definition) is 3. The van der Waals surface area contributed by atoms with E-state index in [-0.39, 0.29) is 12.1 Å². The monoisotopic (exact) mass is 383 g/mol. The van der Waals surface area contributed by atoms with Crippen LogP contribution in [-0.2, 0) is 0 Å². The molecule has 0 saturated carbocycles. The van der Waals surface area contributed by atoms with Crippen molar-refractivity contribution in [1.29, 1.82) is 0 Å². The fraction of sp³-hybridized carbons (Fsp3) is 0.409. The van der Waals surface area contributed by atoms with E-state index in [0.29, 0.717) is 5.11 Å². The topological polar surface area (TPSA) is 36.5 Å². The third kappa shape index (κ3) is 5.60. The second-order valence-corrected chi connectivity index (χ2v) is 7.71. The molecule has 0 radical (unpaired) electrons. The zero-order chi connectivity index (χ0) is 19.2. The summed E-state index contributed by atoms with van der Waals surface area (Å²) in [6.45, 7) is 8.49. The van der Waals surface area contributed by atoms with Crippen LogP contribution in [0.15, 0.2) is 48.5 Å². The molecule has 1 saturated heterocycles. The zero-order valence-corrected chi connectivity index (χ0v) is 17.2. The molecule has 144 valence electrons. The van der Waals surface area contributed by atoms with E-state index < -0.39 is 0 Å². The van der Waals surface area contributed by atoms with Crippen molar-refractivity contribution in [2.75, 3.05) is 23.3 Å². The van der Waals surface area contributed by atoms with Crippen molar-refractivity contribution in [3.63, 3.8) is 0 Å². The molecule has 1 heterocycles. The summed E-state index contributed by atoms with van der Waals surface area (Å²) in [4.78, 5) is 2.44. The van der Waals surface area contributed by atoms with Gasteiger partial charge in [0.15, 0.2) is 5.11 Å². The molecular weight excluding hydrogens is 354 g/mol. The molecule has 0 aliphatic carbocycles. The lowest BCUT2D eigenvalue weighted by molar-refractivity contribution is 0.242. The van der Waals surface area contributed by atoms with E-state index in [1.54, 1.807) is 0 Å². The predicted molar refractivity (Wildman–Crippen MR) is 118 cm³/mol. The molecule has 4 nitrogen and oxygen atoms in total. The largest absolute Gasteiger partial charge is 0.491 e. The van der Waals surface area contributed by atoms with E-state index in [9.17, 15) is 0 Å². The van der Waals surface area contributed by atoms with Gasteiger partial charge in [0.25, 0.3) is 0 Å². The van der Waals surface area contributed by atoms with Gasteiger partial charge >= 0.3 is 0 Å². The Kier molecular flexibility index (Phi) is 6.56. The maximum atomic E-state index is 5.73. The first-order valence-corrected chi connectivity index (χ1v) is 10.1. The first-order valence-electron chi connectivity index (χ1n) is 9.70. The van der Waals surface area contributed by atoms with Gasteiger partial charge in [0.2, 0.25) is 0 Å². The van der Waals surface area contributed by atoms with Crippen LogP contribution < -0.4 is 20.3 Å². The number of ether oxygens (including phenoxy) is 1. The zero-order valence-electron chi connectivity index (χ0n) is 16.4. The molecule has 2 aromatic rings. The molecule has 1 aliphatic heterocycles. The molecule has 3 rings (SSSR count). The van der Waals surface area contributed by atoms with E-state index in [1.807, 2.05) is 38.1 Å². The van der Waals surface area contributed by atoms with E-state index in [2.05, 4.69) is 46.7 Å². The van der Waals surface area contributed by atoms with Crippen LogP contribution >= 0.6 is 12.2 Å². The van der Waals surface area contributed by atoms with Crippen molar-refractivity contribution in [1.82, 2.24) is 5.32 Å². The third-order valence-corrected chi connectivity index (χ3v) is 4.90. The van der Waals surface area contributed by atoms with Crippen LogP contribution in [0.1, 0.15) is 45.2 Å². The minimum atomic E-state index is 0.132. The van der Waals surface area contributed by atoms with Gasteiger partial charge in [-0.1, -0.05) is 18.2 Å². The Labute approximate surface area is 167 Å². The lowest BCUT2D eigenvalue weighted by atomic mass is 10.1. The predicted octanol–water partition coefficient (Wildman–Crippen LogP) is 5.12. The molecule has 27 heavy (non-hydrogen) atoms. The Morgan fingerprint density at radius 3 is 2.41 bits per heavy atom. The van der Waals surface area contributed by atoms with Crippen molar-refractivity contribution in [3.8, 4) is 5.75 Å². The van der Waals surface area contributed by atoms with Gasteiger partial charge in [0.05, 0.1) is 12.1 Å². The van der Waals surface area contributed by atoms with Gasteiger partial charge in [-0.2, -0.15) is 0 Å². The second-order valence-electron chi connectivity index (χ2n) is 7.30. The van der Waals surface area contributed by atoms with Gasteiger partial charge in [0.1, 0.15) is 5.75 Å². The average molecular weight is 384 g/mol. The van der Waals surface area contributed by atoms with Crippen LogP contribution in [0.25, 0.3) is 0 Å². The van der Waals surface area contributed by atoms with Crippen molar-refractivity contribution >= 4 is 28.7 Å². The highest BCUT2D eigenvalue weighted by atomic mass is 32.1. The molecule has 1 aliphatic rings. The lowest BCUT2D eigenvalue weighted by Gasteiger charge is -2.21. The van der Waals surface area contributed by atoms with Gasteiger partial charge in [-0.3, -0.25) is 0 Å². The van der Waals surface area contributed by atoms with Gasteiger partial charge in [-0.05, 0) is 75.7 Å². The number of hydrogen-bond donors (Lipinski definition) is 2. The summed E-state index contributed by atoms with van der Waals surface area (Å²) < 4.78 is 5.73. The van der Waals surface area contributed by atoms with Crippen molar-refractivity contribution in [2.45, 2.75) is 45.8 Å². The fourth-order valence-electron chi connectivity index (χ4n) is 3.32. The third-order valence-electron chi connectivity index (χ3n) is 4.68. The van der Waals surface area contributed by atoms with Gasteiger partial charge in [-0.15, -0.1) is 0 Å². The Morgan fingerprint density at radius 2 is 1.74 bits per heavy atom. The van der Waals surface area contributed by atoms with Crippen LogP contribution in [-0.4, -0.2) is 24.3 Å². The normalized spacial score (nSPS) is 14.9.